The molecular weight excluding hydrogens is 372 g/mol. The third-order valence-electron chi connectivity index (χ3n) is 4.11. The van der Waals surface area contributed by atoms with Crippen molar-refractivity contribution in [2.24, 2.45) is 11.4 Å². The van der Waals surface area contributed by atoms with Gasteiger partial charge in [0.25, 0.3) is 15.9 Å². The van der Waals surface area contributed by atoms with Crippen LogP contribution in [0.2, 0.25) is 0 Å². The van der Waals surface area contributed by atoms with Crippen molar-refractivity contribution in [2.45, 2.75) is 11.3 Å². The first kappa shape index (κ1) is 17.0. The first-order valence-electron chi connectivity index (χ1n) is 7.93. The summed E-state index contributed by atoms with van der Waals surface area (Å²) >= 11 is 0. The number of hydrogen-bond acceptors (Lipinski definition) is 5. The average molecular weight is 386 g/mol. The zero-order valence-corrected chi connectivity index (χ0v) is 14.9. The molecule has 3 aromatic rings. The molecule has 27 heavy (non-hydrogen) atoms. The van der Waals surface area contributed by atoms with Crippen LogP contribution in [0.3, 0.4) is 0 Å². The maximum atomic E-state index is 12.6. The van der Waals surface area contributed by atoms with Gasteiger partial charge in [-0.05, 0) is 30.3 Å². The SMILES string of the molecule is Cn1c(=O)oc2ccc(S(=O)(=O)/N=C3/CC(=O)N(c4ccccc4)N3)cc21. The fourth-order valence-electron chi connectivity index (χ4n) is 2.76. The maximum absolute atomic E-state index is 12.6. The Morgan fingerprint density at radius 2 is 1.85 bits per heavy atom. The van der Waals surface area contributed by atoms with E-state index < -0.39 is 15.8 Å². The first-order valence-corrected chi connectivity index (χ1v) is 9.37. The van der Waals surface area contributed by atoms with Gasteiger partial charge in [-0.25, -0.2) is 9.80 Å². The standard InChI is InChI=1S/C17H14N4O5S/c1-20-13-9-12(7-8-14(13)26-17(20)23)27(24,25)19-15-10-16(22)21(18-15)11-5-3-2-4-6-11/h2-9H,10H2,1H3,(H,18,19). The molecule has 0 atom stereocenters. The van der Waals surface area contributed by atoms with E-state index in [4.69, 9.17) is 4.42 Å². The van der Waals surface area contributed by atoms with Crippen molar-refractivity contribution in [3.63, 3.8) is 0 Å². The van der Waals surface area contributed by atoms with E-state index in [2.05, 4.69) is 9.82 Å². The highest BCUT2D eigenvalue weighted by molar-refractivity contribution is 7.90. The Bertz CT molecular complexity index is 1240. The Balaban J connectivity index is 1.68. The van der Waals surface area contributed by atoms with E-state index in [-0.39, 0.29) is 28.6 Å². The molecule has 9 nitrogen and oxygen atoms in total. The Hall–Kier alpha value is -3.40. The number of amides is 1. The molecule has 0 saturated carbocycles. The predicted molar refractivity (Wildman–Crippen MR) is 97.8 cm³/mol. The van der Waals surface area contributed by atoms with Gasteiger partial charge < -0.3 is 4.42 Å². The van der Waals surface area contributed by atoms with Gasteiger partial charge in [0.15, 0.2) is 5.58 Å². The molecule has 1 aromatic heterocycles. The van der Waals surface area contributed by atoms with Crippen molar-refractivity contribution in [1.82, 2.24) is 9.99 Å². The molecule has 1 amide bonds. The highest BCUT2D eigenvalue weighted by Gasteiger charge is 2.29. The minimum Gasteiger partial charge on any atom is -0.408 e. The molecule has 0 bridgehead atoms. The fraction of sp³-hybridized carbons (Fsp3) is 0.118. The van der Waals surface area contributed by atoms with E-state index in [0.717, 1.165) is 0 Å². The number of nitrogens with one attached hydrogen (secondary N) is 1. The number of hydrogen-bond donors (Lipinski definition) is 1. The normalized spacial score (nSPS) is 16.3. The Morgan fingerprint density at radius 3 is 2.59 bits per heavy atom. The van der Waals surface area contributed by atoms with Crippen molar-refractivity contribution in [3.05, 3.63) is 59.1 Å². The molecule has 1 fully saturated rings. The van der Waals surface area contributed by atoms with Crippen molar-refractivity contribution in [3.8, 4) is 0 Å². The number of rotatable bonds is 3. The lowest BCUT2D eigenvalue weighted by molar-refractivity contribution is -0.116. The summed E-state index contributed by atoms with van der Waals surface area (Å²) < 4.78 is 35.2. The molecule has 0 unspecified atom stereocenters. The summed E-state index contributed by atoms with van der Waals surface area (Å²) in [6, 6.07) is 12.8. The number of aryl methyl sites for hydroxylation is 1. The van der Waals surface area contributed by atoms with Crippen molar-refractivity contribution < 1.29 is 17.6 Å². The smallest absolute Gasteiger partial charge is 0.408 e. The molecule has 0 spiro atoms. The third kappa shape index (κ3) is 2.99. The van der Waals surface area contributed by atoms with Gasteiger partial charge in [-0.3, -0.25) is 14.8 Å². The van der Waals surface area contributed by atoms with Gasteiger partial charge >= 0.3 is 5.76 Å². The van der Waals surface area contributed by atoms with Crippen LogP contribution >= 0.6 is 0 Å². The number of amidine groups is 1. The van der Waals surface area contributed by atoms with E-state index in [0.29, 0.717) is 11.2 Å². The van der Waals surface area contributed by atoms with Gasteiger partial charge in [0.2, 0.25) is 0 Å². The average Bonchev–Trinajstić information content (AvgIpc) is 3.14. The Labute approximate surface area is 153 Å². The van der Waals surface area contributed by atoms with Gasteiger partial charge in [0.1, 0.15) is 5.84 Å². The number of aromatic nitrogens is 1. The van der Waals surface area contributed by atoms with E-state index in [1.807, 2.05) is 6.07 Å². The van der Waals surface area contributed by atoms with Crippen molar-refractivity contribution in [1.29, 1.82) is 0 Å². The van der Waals surface area contributed by atoms with Gasteiger partial charge in [-0.1, -0.05) is 18.2 Å². The molecule has 1 saturated heterocycles. The maximum Gasteiger partial charge on any atom is 0.419 e. The van der Waals surface area contributed by atoms with Gasteiger partial charge in [0.05, 0.1) is 22.5 Å². The molecule has 138 valence electrons. The molecule has 0 radical (unpaired) electrons. The monoisotopic (exact) mass is 386 g/mol. The lowest BCUT2D eigenvalue weighted by Gasteiger charge is -2.15. The van der Waals surface area contributed by atoms with Crippen LogP contribution in [-0.4, -0.2) is 24.7 Å². The zero-order chi connectivity index (χ0) is 19.2. The quantitative estimate of drug-likeness (QED) is 0.723. The second kappa shape index (κ2) is 6.09. The molecule has 1 N–H and O–H groups in total. The molecule has 0 aliphatic carbocycles. The summed E-state index contributed by atoms with van der Waals surface area (Å²) in [4.78, 5) is 23.6. The number of carbonyl (C=O) groups is 1. The van der Waals surface area contributed by atoms with Gasteiger partial charge in [-0.15, -0.1) is 4.40 Å². The molecular formula is C17H14N4O5S. The molecule has 2 aromatic carbocycles. The second-order valence-electron chi connectivity index (χ2n) is 5.92. The number of fused-ring (bicyclic) bond motifs is 1. The number of sulfonamides is 1. The summed E-state index contributed by atoms with van der Waals surface area (Å²) in [5.41, 5.74) is 3.91. The zero-order valence-electron chi connectivity index (χ0n) is 14.1. The largest absolute Gasteiger partial charge is 0.419 e. The van der Waals surface area contributed by atoms with Crippen LogP contribution in [0, 0.1) is 0 Å². The Morgan fingerprint density at radius 1 is 1.11 bits per heavy atom. The lowest BCUT2D eigenvalue weighted by atomic mass is 10.3. The molecule has 2 heterocycles. The van der Waals surface area contributed by atoms with Crippen molar-refractivity contribution >= 4 is 38.6 Å². The summed E-state index contributed by atoms with van der Waals surface area (Å²) in [5.74, 6) is -0.889. The molecule has 1 aliphatic heterocycles. The number of benzene rings is 2. The number of carbonyl (C=O) groups excluding carboxylic acids is 1. The predicted octanol–water partition coefficient (Wildman–Crippen LogP) is 1.16. The van der Waals surface area contributed by atoms with Gasteiger partial charge in [-0.2, -0.15) is 8.42 Å². The minimum atomic E-state index is -4.08. The highest BCUT2D eigenvalue weighted by Crippen LogP contribution is 2.21. The van der Waals surface area contributed by atoms with Crippen LogP contribution in [0.15, 0.2) is 67.0 Å². The molecule has 4 rings (SSSR count). The lowest BCUT2D eigenvalue weighted by Crippen LogP contribution is -2.36. The first-order chi connectivity index (χ1) is 12.8. The number of oxazole rings is 1. The van der Waals surface area contributed by atoms with E-state index >= 15 is 0 Å². The number of anilines is 1. The van der Waals surface area contributed by atoms with Crippen molar-refractivity contribution in [2.75, 3.05) is 5.01 Å². The van der Waals surface area contributed by atoms with Crippen LogP contribution in [-0.2, 0) is 21.9 Å². The molecule has 1 aliphatic rings. The number of hydrazine groups is 1. The summed E-state index contributed by atoms with van der Waals surface area (Å²) in [5, 5.41) is 1.25. The number of nitrogens with zero attached hydrogens (tertiary/aromatic N) is 3. The van der Waals surface area contributed by atoms with Crippen LogP contribution < -0.4 is 16.2 Å². The van der Waals surface area contributed by atoms with Gasteiger partial charge in [0, 0.05) is 7.05 Å². The number of para-hydroxylation sites is 1. The fourth-order valence-corrected chi connectivity index (χ4v) is 3.76. The molecule has 10 heteroatoms. The summed E-state index contributed by atoms with van der Waals surface area (Å²) in [7, 11) is -2.60. The van der Waals surface area contributed by atoms with E-state index in [1.165, 1.54) is 34.8 Å². The highest BCUT2D eigenvalue weighted by atomic mass is 32.2. The summed E-state index contributed by atoms with van der Waals surface area (Å²) in [6.07, 6.45) is -0.166. The third-order valence-corrected chi connectivity index (χ3v) is 5.42. The summed E-state index contributed by atoms with van der Waals surface area (Å²) in [6.45, 7) is 0. The minimum absolute atomic E-state index is 0.0185. The van der Waals surface area contributed by atoms with Crippen LogP contribution in [0.1, 0.15) is 6.42 Å². The second-order valence-corrected chi connectivity index (χ2v) is 7.53. The Kier molecular flexibility index (Phi) is 3.84. The topological polar surface area (TPSA) is 114 Å². The van der Waals surface area contributed by atoms with E-state index in [9.17, 15) is 18.0 Å². The van der Waals surface area contributed by atoms with Crippen LogP contribution in [0.4, 0.5) is 5.69 Å². The van der Waals surface area contributed by atoms with Crippen LogP contribution in [0.25, 0.3) is 11.1 Å². The van der Waals surface area contributed by atoms with Crippen LogP contribution in [0.5, 0.6) is 0 Å². The van der Waals surface area contributed by atoms with E-state index in [1.54, 1.807) is 24.3 Å².